The summed E-state index contributed by atoms with van der Waals surface area (Å²) in [5.74, 6) is 0.312. The van der Waals surface area contributed by atoms with E-state index in [0.717, 1.165) is 23.5 Å². The van der Waals surface area contributed by atoms with Gasteiger partial charge in [-0.2, -0.15) is 0 Å². The first-order valence-electron chi connectivity index (χ1n) is 4.87. The first-order valence-corrected chi connectivity index (χ1v) is 5.75. The summed E-state index contributed by atoms with van der Waals surface area (Å²) in [6, 6.07) is 0. The minimum atomic E-state index is -0.153. The van der Waals surface area contributed by atoms with E-state index in [1.807, 2.05) is 6.92 Å². The van der Waals surface area contributed by atoms with Gasteiger partial charge in [0.1, 0.15) is 0 Å². The topological polar surface area (TPSA) is 33.1 Å². The lowest BCUT2D eigenvalue weighted by Crippen LogP contribution is -2.22. The van der Waals surface area contributed by atoms with Crippen LogP contribution >= 0.6 is 11.3 Å². The maximum atomic E-state index is 9.80. The molecule has 72 valence electrons. The zero-order chi connectivity index (χ0) is 9.26. The number of hydrogen-bond acceptors (Lipinski definition) is 3. The number of rotatable bonds is 1. The van der Waals surface area contributed by atoms with Gasteiger partial charge in [-0.15, -0.1) is 11.3 Å². The molecule has 2 atom stereocenters. The minimum Gasteiger partial charge on any atom is -0.392 e. The van der Waals surface area contributed by atoms with Gasteiger partial charge < -0.3 is 5.11 Å². The van der Waals surface area contributed by atoms with Gasteiger partial charge in [0, 0.05) is 17.0 Å². The highest BCUT2D eigenvalue weighted by atomic mass is 32.1. The van der Waals surface area contributed by atoms with Crippen molar-refractivity contribution < 1.29 is 5.11 Å². The predicted octanol–water partition coefficient (Wildman–Crippen LogP) is 2.47. The maximum Gasteiger partial charge on any atom is 0.0985 e. The van der Waals surface area contributed by atoms with Crippen LogP contribution in [0.5, 0.6) is 0 Å². The van der Waals surface area contributed by atoms with Gasteiger partial charge in [0.25, 0.3) is 0 Å². The molecule has 3 heteroatoms. The Morgan fingerprint density at radius 1 is 1.46 bits per heavy atom. The highest BCUT2D eigenvalue weighted by Crippen LogP contribution is 2.34. The smallest absolute Gasteiger partial charge is 0.0985 e. The molecule has 2 unspecified atom stereocenters. The summed E-state index contributed by atoms with van der Waals surface area (Å²) in [4.78, 5) is 4.44. The molecule has 0 aromatic carbocycles. The van der Waals surface area contributed by atoms with Gasteiger partial charge in [-0.1, -0.05) is 12.8 Å². The number of aliphatic hydroxyl groups excluding tert-OH is 1. The Morgan fingerprint density at radius 2 is 2.23 bits per heavy atom. The lowest BCUT2D eigenvalue weighted by Gasteiger charge is -2.25. The molecule has 0 radical (unpaired) electrons. The van der Waals surface area contributed by atoms with Gasteiger partial charge in [0.15, 0.2) is 0 Å². The molecule has 1 saturated carbocycles. The molecule has 1 aliphatic carbocycles. The van der Waals surface area contributed by atoms with E-state index < -0.39 is 0 Å². The molecule has 0 amide bonds. The van der Waals surface area contributed by atoms with E-state index in [1.54, 1.807) is 11.3 Å². The normalized spacial score (nSPS) is 29.1. The molecular weight excluding hydrogens is 182 g/mol. The molecule has 0 saturated heterocycles. The van der Waals surface area contributed by atoms with Crippen molar-refractivity contribution in [2.45, 2.75) is 44.6 Å². The Bertz CT molecular complexity index is 284. The summed E-state index contributed by atoms with van der Waals surface area (Å²) in [5, 5.41) is 13.0. The van der Waals surface area contributed by atoms with E-state index in [-0.39, 0.29) is 6.10 Å². The molecule has 1 aliphatic rings. The number of hydrogen-bond donors (Lipinski definition) is 1. The Kier molecular flexibility index (Phi) is 2.65. The largest absolute Gasteiger partial charge is 0.392 e. The molecule has 2 nitrogen and oxygen atoms in total. The number of thiazole rings is 1. The average molecular weight is 197 g/mol. The molecule has 1 heterocycles. The fourth-order valence-corrected chi connectivity index (χ4v) is 2.93. The number of aromatic nitrogens is 1. The summed E-state index contributed by atoms with van der Waals surface area (Å²) >= 11 is 1.69. The monoisotopic (exact) mass is 197 g/mol. The molecule has 1 aromatic heterocycles. The van der Waals surface area contributed by atoms with E-state index in [2.05, 4.69) is 10.4 Å². The molecule has 2 rings (SSSR count). The SMILES string of the molecule is Cc1csc(C2CCCCC2O)n1. The highest BCUT2D eigenvalue weighted by Gasteiger charge is 2.26. The van der Waals surface area contributed by atoms with Crippen LogP contribution in [0.15, 0.2) is 5.38 Å². The highest BCUT2D eigenvalue weighted by molar-refractivity contribution is 7.09. The average Bonchev–Trinajstić information content (AvgIpc) is 2.53. The molecule has 13 heavy (non-hydrogen) atoms. The Hall–Kier alpha value is -0.410. The number of aliphatic hydroxyl groups is 1. The maximum absolute atomic E-state index is 9.80. The molecule has 1 fully saturated rings. The fraction of sp³-hybridized carbons (Fsp3) is 0.700. The van der Waals surface area contributed by atoms with Crippen molar-refractivity contribution in [3.05, 3.63) is 16.1 Å². The van der Waals surface area contributed by atoms with Crippen molar-refractivity contribution in [2.75, 3.05) is 0 Å². The zero-order valence-electron chi connectivity index (χ0n) is 7.86. The van der Waals surface area contributed by atoms with E-state index >= 15 is 0 Å². The van der Waals surface area contributed by atoms with Gasteiger partial charge in [0.05, 0.1) is 11.1 Å². The predicted molar refractivity (Wildman–Crippen MR) is 54.1 cm³/mol. The first kappa shape index (κ1) is 9.16. The third-order valence-electron chi connectivity index (χ3n) is 2.68. The molecule has 0 aliphatic heterocycles. The van der Waals surface area contributed by atoms with Gasteiger partial charge in [-0.3, -0.25) is 0 Å². The summed E-state index contributed by atoms with van der Waals surface area (Å²) in [6.45, 7) is 2.01. The quantitative estimate of drug-likeness (QED) is 0.750. The van der Waals surface area contributed by atoms with Crippen LogP contribution in [0.3, 0.4) is 0 Å². The summed E-state index contributed by atoms with van der Waals surface area (Å²) in [6.07, 6.45) is 4.30. The summed E-state index contributed by atoms with van der Waals surface area (Å²) < 4.78 is 0. The third kappa shape index (κ3) is 1.92. The van der Waals surface area contributed by atoms with Gasteiger partial charge >= 0.3 is 0 Å². The fourth-order valence-electron chi connectivity index (χ4n) is 1.94. The van der Waals surface area contributed by atoms with Crippen LogP contribution in [-0.2, 0) is 0 Å². The van der Waals surface area contributed by atoms with Crippen LogP contribution < -0.4 is 0 Å². The van der Waals surface area contributed by atoms with E-state index in [4.69, 9.17) is 0 Å². The van der Waals surface area contributed by atoms with Crippen molar-refractivity contribution in [3.8, 4) is 0 Å². The summed E-state index contributed by atoms with van der Waals surface area (Å²) in [7, 11) is 0. The molecule has 0 bridgehead atoms. The Labute approximate surface area is 82.6 Å². The van der Waals surface area contributed by atoms with Crippen LogP contribution in [0.1, 0.15) is 42.3 Å². The standard InChI is InChI=1S/C10H15NOS/c1-7-6-13-10(11-7)8-4-2-3-5-9(8)12/h6,8-9,12H,2-5H2,1H3. The lowest BCUT2D eigenvalue weighted by molar-refractivity contribution is 0.106. The van der Waals surface area contributed by atoms with Gasteiger partial charge in [0.2, 0.25) is 0 Å². The van der Waals surface area contributed by atoms with Crippen molar-refractivity contribution in [3.63, 3.8) is 0 Å². The second kappa shape index (κ2) is 3.76. The number of nitrogens with zero attached hydrogens (tertiary/aromatic N) is 1. The van der Waals surface area contributed by atoms with E-state index in [9.17, 15) is 5.11 Å². The van der Waals surface area contributed by atoms with Crippen LogP contribution in [0, 0.1) is 6.92 Å². The van der Waals surface area contributed by atoms with Crippen LogP contribution in [0.4, 0.5) is 0 Å². The second-order valence-corrected chi connectivity index (χ2v) is 4.68. The van der Waals surface area contributed by atoms with Crippen LogP contribution in [-0.4, -0.2) is 16.2 Å². The van der Waals surface area contributed by atoms with Crippen molar-refractivity contribution in [1.29, 1.82) is 0 Å². The minimum absolute atomic E-state index is 0.153. The van der Waals surface area contributed by atoms with Crippen molar-refractivity contribution in [2.24, 2.45) is 0 Å². The molecular formula is C10H15NOS. The third-order valence-corrected chi connectivity index (χ3v) is 3.78. The molecule has 0 spiro atoms. The van der Waals surface area contributed by atoms with Crippen molar-refractivity contribution in [1.82, 2.24) is 4.98 Å². The summed E-state index contributed by atoms with van der Waals surface area (Å²) in [5.41, 5.74) is 1.08. The zero-order valence-corrected chi connectivity index (χ0v) is 8.68. The van der Waals surface area contributed by atoms with Gasteiger partial charge in [-0.05, 0) is 19.8 Å². The van der Waals surface area contributed by atoms with Crippen LogP contribution in [0.25, 0.3) is 0 Å². The second-order valence-electron chi connectivity index (χ2n) is 3.79. The number of aryl methyl sites for hydroxylation is 1. The van der Waals surface area contributed by atoms with E-state index in [1.165, 1.54) is 12.8 Å². The Balaban J connectivity index is 2.14. The van der Waals surface area contributed by atoms with Crippen LogP contribution in [0.2, 0.25) is 0 Å². The molecule has 1 N–H and O–H groups in total. The molecule has 1 aromatic rings. The van der Waals surface area contributed by atoms with Gasteiger partial charge in [-0.25, -0.2) is 4.98 Å². The Morgan fingerprint density at radius 3 is 2.85 bits per heavy atom. The lowest BCUT2D eigenvalue weighted by atomic mass is 9.87. The van der Waals surface area contributed by atoms with E-state index in [0.29, 0.717) is 5.92 Å². The van der Waals surface area contributed by atoms with Crippen molar-refractivity contribution >= 4 is 11.3 Å². The first-order chi connectivity index (χ1) is 6.27.